The second kappa shape index (κ2) is 13.4. The van der Waals surface area contributed by atoms with Gasteiger partial charge in [0.25, 0.3) is 0 Å². The van der Waals surface area contributed by atoms with Crippen LogP contribution >= 0.6 is 0 Å². The molecule has 0 spiro atoms. The van der Waals surface area contributed by atoms with Gasteiger partial charge in [-0.2, -0.15) is 0 Å². The number of ether oxygens (including phenoxy) is 3. The van der Waals surface area contributed by atoms with Crippen LogP contribution in [0.5, 0.6) is 11.5 Å². The minimum Gasteiger partial charge on any atom is -0.495 e. The molecule has 39 heavy (non-hydrogen) atoms. The minimum absolute atomic E-state index is 0.00278. The molecule has 1 aromatic heterocycles. The van der Waals surface area contributed by atoms with E-state index < -0.39 is 17.8 Å². The van der Waals surface area contributed by atoms with Crippen molar-refractivity contribution >= 4 is 11.8 Å². The van der Waals surface area contributed by atoms with Gasteiger partial charge in [0.1, 0.15) is 17.6 Å². The summed E-state index contributed by atoms with van der Waals surface area (Å²) in [5, 5.41) is 13.5. The molecule has 0 saturated carbocycles. The predicted molar refractivity (Wildman–Crippen MR) is 149 cm³/mol. The van der Waals surface area contributed by atoms with Gasteiger partial charge in [-0.1, -0.05) is 20.3 Å². The monoisotopic (exact) mass is 543 g/mol. The number of methoxy groups -OCH3 is 2. The fourth-order valence-corrected chi connectivity index (χ4v) is 5.58. The van der Waals surface area contributed by atoms with E-state index in [2.05, 4.69) is 11.4 Å². The normalized spacial score (nSPS) is 18.1. The largest absolute Gasteiger partial charge is 0.495 e. The van der Waals surface area contributed by atoms with Crippen LogP contribution in [0.3, 0.4) is 0 Å². The Labute approximate surface area is 230 Å². The number of nitrogens with zero attached hydrogens (tertiary/aromatic N) is 2. The van der Waals surface area contributed by atoms with E-state index >= 15 is 0 Å². The van der Waals surface area contributed by atoms with Gasteiger partial charge in [0, 0.05) is 31.8 Å². The van der Waals surface area contributed by atoms with Crippen molar-refractivity contribution in [3.63, 3.8) is 0 Å². The van der Waals surface area contributed by atoms with Crippen LogP contribution in [0.1, 0.15) is 80.3 Å². The van der Waals surface area contributed by atoms with Crippen LogP contribution in [0, 0.1) is 5.82 Å². The first kappa shape index (κ1) is 29.1. The molecule has 3 heterocycles. The highest BCUT2D eigenvalue weighted by Gasteiger charge is 2.36. The molecule has 2 aliphatic heterocycles. The molecule has 1 fully saturated rings. The zero-order valence-electron chi connectivity index (χ0n) is 23.6. The van der Waals surface area contributed by atoms with E-state index in [0.29, 0.717) is 25.3 Å². The lowest BCUT2D eigenvalue weighted by Gasteiger charge is -2.27. The Morgan fingerprint density at radius 3 is 2.74 bits per heavy atom. The van der Waals surface area contributed by atoms with Crippen LogP contribution in [-0.4, -0.2) is 67.5 Å². The predicted octanol–water partition coefficient (Wildman–Crippen LogP) is 5.35. The Balaban J connectivity index is 1.27. The molecule has 0 aliphatic carbocycles. The van der Waals surface area contributed by atoms with Gasteiger partial charge in [-0.25, -0.2) is 9.37 Å². The van der Waals surface area contributed by atoms with Crippen LogP contribution in [-0.2, 0) is 22.4 Å². The van der Waals surface area contributed by atoms with Gasteiger partial charge in [0.05, 0.1) is 26.0 Å². The van der Waals surface area contributed by atoms with Crippen molar-refractivity contribution in [1.29, 1.82) is 0 Å². The van der Waals surface area contributed by atoms with E-state index in [1.165, 1.54) is 18.7 Å². The zero-order valence-corrected chi connectivity index (χ0v) is 23.6. The van der Waals surface area contributed by atoms with Crippen molar-refractivity contribution in [2.24, 2.45) is 0 Å². The molecule has 214 valence electrons. The average Bonchev–Trinajstić information content (AvgIpc) is 3.37. The number of carboxylic acid groups (broad SMARTS) is 1. The number of hydrogen-bond donors (Lipinski definition) is 2. The summed E-state index contributed by atoms with van der Waals surface area (Å²) in [6.07, 6.45) is 6.59. The molecule has 0 bridgehead atoms. The van der Waals surface area contributed by atoms with E-state index in [9.17, 15) is 14.3 Å². The lowest BCUT2D eigenvalue weighted by molar-refractivity contribution is -0.143. The number of pyridine rings is 1. The number of anilines is 1. The van der Waals surface area contributed by atoms with E-state index in [-0.39, 0.29) is 17.8 Å². The van der Waals surface area contributed by atoms with Gasteiger partial charge < -0.3 is 24.6 Å². The summed E-state index contributed by atoms with van der Waals surface area (Å²) in [4.78, 5) is 19.0. The van der Waals surface area contributed by atoms with E-state index in [1.807, 2.05) is 18.7 Å². The summed E-state index contributed by atoms with van der Waals surface area (Å²) in [6.45, 7) is 6.54. The van der Waals surface area contributed by atoms with Crippen molar-refractivity contribution in [3.8, 4) is 11.5 Å². The lowest BCUT2D eigenvalue weighted by Crippen LogP contribution is -2.34. The standard InChI is InChI=1S/C30H42FN3O5/c1-19(2)21-15-23(28(38-4)24(31)16-21)27(30(35)36)34-13-11-22(18-34)39-14-7-5-6-10-25-26(37-3)17-20-9-8-12-32-29(20)33-25/h15-17,19,22,27H,5-14,18H2,1-4H3,(H,32,33)(H,35,36)/t22-,27?/m1/s1. The molecule has 2 atom stereocenters. The quantitative estimate of drug-likeness (QED) is 0.327. The van der Waals surface area contributed by atoms with Gasteiger partial charge in [-0.15, -0.1) is 0 Å². The van der Waals surface area contributed by atoms with Crippen LogP contribution in [0.25, 0.3) is 0 Å². The summed E-state index contributed by atoms with van der Waals surface area (Å²) in [5.41, 5.74) is 3.32. The first-order valence-electron chi connectivity index (χ1n) is 14.1. The van der Waals surface area contributed by atoms with Crippen molar-refractivity contribution < 1.29 is 28.5 Å². The van der Waals surface area contributed by atoms with Gasteiger partial charge in [-0.05, 0) is 73.8 Å². The highest BCUT2D eigenvalue weighted by Crippen LogP contribution is 2.37. The summed E-state index contributed by atoms with van der Waals surface area (Å²) in [7, 11) is 3.07. The Hall–Kier alpha value is -2.91. The number of unbranched alkanes of at least 4 members (excludes halogenated alkanes) is 2. The maximum absolute atomic E-state index is 14.8. The Kier molecular flexibility index (Phi) is 10.0. The average molecular weight is 544 g/mol. The maximum atomic E-state index is 14.8. The number of aliphatic carboxylic acids is 1. The molecule has 0 radical (unpaired) electrons. The number of fused-ring (bicyclic) bond motifs is 1. The fraction of sp³-hybridized carbons (Fsp3) is 0.600. The summed E-state index contributed by atoms with van der Waals surface area (Å²) >= 11 is 0. The van der Waals surface area contributed by atoms with Crippen molar-refractivity contribution in [3.05, 3.63) is 46.4 Å². The van der Waals surface area contributed by atoms with Crippen molar-refractivity contribution in [2.45, 2.75) is 76.9 Å². The van der Waals surface area contributed by atoms with Crippen molar-refractivity contribution in [1.82, 2.24) is 9.88 Å². The number of nitrogens with one attached hydrogen (secondary N) is 1. The van der Waals surface area contributed by atoms with Crippen LogP contribution < -0.4 is 14.8 Å². The lowest BCUT2D eigenvalue weighted by atomic mass is 9.95. The molecule has 0 amide bonds. The molecule has 1 unspecified atom stereocenters. The summed E-state index contributed by atoms with van der Waals surface area (Å²) < 4.78 is 31.8. The third-order valence-corrected chi connectivity index (χ3v) is 7.72. The summed E-state index contributed by atoms with van der Waals surface area (Å²) in [6, 6.07) is 4.32. The second-order valence-electron chi connectivity index (χ2n) is 10.8. The van der Waals surface area contributed by atoms with Crippen LogP contribution in [0.15, 0.2) is 18.2 Å². The number of halogens is 1. The Bertz CT molecular complexity index is 1140. The minimum atomic E-state index is -1.02. The maximum Gasteiger partial charge on any atom is 0.325 e. The first-order chi connectivity index (χ1) is 18.8. The van der Waals surface area contributed by atoms with Gasteiger partial charge in [-0.3, -0.25) is 9.69 Å². The van der Waals surface area contributed by atoms with Gasteiger partial charge in [0.2, 0.25) is 0 Å². The third kappa shape index (κ3) is 7.00. The molecule has 2 aromatic rings. The molecule has 4 rings (SSSR count). The fourth-order valence-electron chi connectivity index (χ4n) is 5.58. The number of aryl methyl sites for hydroxylation is 2. The Morgan fingerprint density at radius 2 is 2.03 bits per heavy atom. The molecular formula is C30H42FN3O5. The number of benzene rings is 1. The smallest absolute Gasteiger partial charge is 0.325 e. The molecule has 2 aliphatic rings. The van der Waals surface area contributed by atoms with E-state index in [0.717, 1.165) is 74.3 Å². The number of hydrogen-bond acceptors (Lipinski definition) is 7. The number of rotatable bonds is 13. The molecule has 1 aromatic carbocycles. The summed E-state index contributed by atoms with van der Waals surface area (Å²) in [5.74, 6) is 0.364. The molecule has 8 nitrogen and oxygen atoms in total. The number of carbonyl (C=O) groups is 1. The van der Waals surface area contributed by atoms with E-state index in [1.54, 1.807) is 13.2 Å². The molecule has 1 saturated heterocycles. The highest BCUT2D eigenvalue weighted by atomic mass is 19.1. The third-order valence-electron chi connectivity index (χ3n) is 7.72. The Morgan fingerprint density at radius 1 is 1.21 bits per heavy atom. The number of carboxylic acids is 1. The highest BCUT2D eigenvalue weighted by molar-refractivity contribution is 5.77. The zero-order chi connectivity index (χ0) is 27.9. The van der Waals surface area contributed by atoms with E-state index in [4.69, 9.17) is 19.2 Å². The molecular weight excluding hydrogens is 501 g/mol. The molecule has 9 heteroatoms. The topological polar surface area (TPSA) is 93.2 Å². The van der Waals surface area contributed by atoms with Crippen LogP contribution in [0.4, 0.5) is 10.2 Å². The first-order valence-corrected chi connectivity index (χ1v) is 14.1. The SMILES string of the molecule is COc1cc2c(nc1CCCCCO[C@@H]1CCN(C(C(=O)O)c3cc(C(C)C)cc(F)c3OC)C1)NCCC2. The second-order valence-corrected chi connectivity index (χ2v) is 10.8. The number of aromatic nitrogens is 1. The molecule has 2 N–H and O–H groups in total. The van der Waals surface area contributed by atoms with Gasteiger partial charge >= 0.3 is 5.97 Å². The number of likely N-dealkylation sites (tertiary alicyclic amines) is 1. The van der Waals surface area contributed by atoms with Crippen LogP contribution in [0.2, 0.25) is 0 Å². The van der Waals surface area contributed by atoms with Crippen molar-refractivity contribution in [2.75, 3.05) is 45.8 Å². The van der Waals surface area contributed by atoms with Gasteiger partial charge in [0.15, 0.2) is 11.6 Å².